The predicted octanol–water partition coefficient (Wildman–Crippen LogP) is 1.62. The Morgan fingerprint density at radius 1 is 1.22 bits per heavy atom. The third kappa shape index (κ3) is 3.74. The van der Waals surface area contributed by atoms with Crippen LogP contribution in [0.3, 0.4) is 0 Å². The maximum Gasteiger partial charge on any atom is 0.149 e. The van der Waals surface area contributed by atoms with Gasteiger partial charge in [-0.1, -0.05) is 0 Å². The molecule has 2 aromatic rings. The Balaban J connectivity index is 1.68. The maximum atomic E-state index is 14.0. The van der Waals surface area contributed by atoms with Crippen molar-refractivity contribution in [3.05, 3.63) is 36.0 Å². The van der Waals surface area contributed by atoms with E-state index in [1.807, 2.05) is 0 Å². The highest BCUT2D eigenvalue weighted by Crippen LogP contribution is 2.26. The molecule has 1 saturated heterocycles. The van der Waals surface area contributed by atoms with Gasteiger partial charge in [0.1, 0.15) is 17.2 Å². The average Bonchev–Trinajstić information content (AvgIpc) is 2.57. The van der Waals surface area contributed by atoms with Crippen LogP contribution in [0.4, 0.5) is 14.5 Å². The molecule has 1 aliphatic heterocycles. The molecule has 0 amide bonds. The van der Waals surface area contributed by atoms with Gasteiger partial charge >= 0.3 is 0 Å². The first-order valence-electron chi connectivity index (χ1n) is 7.60. The Hall–Kier alpha value is -1.83. The number of hydrogen-bond acceptors (Lipinski definition) is 5. The van der Waals surface area contributed by atoms with Gasteiger partial charge in [0.2, 0.25) is 0 Å². The van der Waals surface area contributed by atoms with Crippen molar-refractivity contribution in [2.24, 2.45) is 0 Å². The number of hydrogen-bond donors (Lipinski definition) is 2. The highest BCUT2D eigenvalue weighted by atomic mass is 19.1. The van der Waals surface area contributed by atoms with E-state index in [0.717, 1.165) is 25.2 Å². The monoisotopic (exact) mass is 323 g/mol. The zero-order valence-electron chi connectivity index (χ0n) is 12.6. The molecule has 0 bridgehead atoms. The van der Waals surface area contributed by atoms with Crippen molar-refractivity contribution in [2.45, 2.75) is 6.10 Å². The van der Waals surface area contributed by atoms with Crippen LogP contribution in [0.25, 0.3) is 10.9 Å². The van der Waals surface area contributed by atoms with E-state index in [2.05, 4.69) is 15.2 Å². The zero-order valence-corrected chi connectivity index (χ0v) is 12.6. The standard InChI is InChI=1S/C16H19F2N3O2/c17-12-1-2-13(18)16-15(12)14(3-4-19-16)20-9-11(22)10-21-5-7-23-8-6-21/h1-4,11,22H,5-10H2,(H,19,20). The minimum atomic E-state index is -0.618. The van der Waals surface area contributed by atoms with Gasteiger partial charge in [0.15, 0.2) is 0 Å². The van der Waals surface area contributed by atoms with E-state index in [4.69, 9.17) is 4.74 Å². The van der Waals surface area contributed by atoms with Gasteiger partial charge in [-0.25, -0.2) is 8.78 Å². The molecule has 2 heterocycles. The van der Waals surface area contributed by atoms with Crippen LogP contribution < -0.4 is 5.32 Å². The van der Waals surface area contributed by atoms with E-state index >= 15 is 0 Å². The van der Waals surface area contributed by atoms with Crippen molar-refractivity contribution in [3.63, 3.8) is 0 Å². The van der Waals surface area contributed by atoms with E-state index in [-0.39, 0.29) is 17.4 Å². The Bertz CT molecular complexity index is 678. The molecule has 1 fully saturated rings. The second-order valence-corrected chi connectivity index (χ2v) is 5.56. The van der Waals surface area contributed by atoms with E-state index < -0.39 is 17.7 Å². The molecule has 3 rings (SSSR count). The van der Waals surface area contributed by atoms with Gasteiger partial charge in [-0.2, -0.15) is 0 Å². The van der Waals surface area contributed by atoms with Gasteiger partial charge in [0.25, 0.3) is 0 Å². The van der Waals surface area contributed by atoms with E-state index in [1.54, 1.807) is 6.07 Å². The molecular weight excluding hydrogens is 304 g/mol. The highest BCUT2D eigenvalue weighted by molar-refractivity contribution is 5.91. The van der Waals surface area contributed by atoms with Crippen LogP contribution in [-0.4, -0.2) is 60.5 Å². The molecule has 23 heavy (non-hydrogen) atoms. The predicted molar refractivity (Wildman–Crippen MR) is 83.4 cm³/mol. The lowest BCUT2D eigenvalue weighted by atomic mass is 10.1. The molecule has 1 aromatic carbocycles. The fourth-order valence-corrected chi connectivity index (χ4v) is 2.71. The third-order valence-corrected chi connectivity index (χ3v) is 3.89. The number of ether oxygens (including phenoxy) is 1. The summed E-state index contributed by atoms with van der Waals surface area (Å²) < 4.78 is 33.0. The fraction of sp³-hybridized carbons (Fsp3) is 0.438. The molecule has 2 N–H and O–H groups in total. The lowest BCUT2D eigenvalue weighted by Crippen LogP contribution is -2.42. The topological polar surface area (TPSA) is 57.6 Å². The summed E-state index contributed by atoms with van der Waals surface area (Å²) >= 11 is 0. The molecule has 0 radical (unpaired) electrons. The lowest BCUT2D eigenvalue weighted by Gasteiger charge is -2.28. The third-order valence-electron chi connectivity index (χ3n) is 3.89. The number of nitrogens with zero attached hydrogens (tertiary/aromatic N) is 2. The summed E-state index contributed by atoms with van der Waals surface area (Å²) in [5, 5.41) is 13.2. The number of pyridine rings is 1. The first-order valence-corrected chi connectivity index (χ1v) is 7.60. The second-order valence-electron chi connectivity index (χ2n) is 5.56. The molecule has 5 nitrogen and oxygen atoms in total. The van der Waals surface area contributed by atoms with Crippen LogP contribution in [0.5, 0.6) is 0 Å². The van der Waals surface area contributed by atoms with Gasteiger partial charge < -0.3 is 15.2 Å². The molecule has 124 valence electrons. The van der Waals surface area contributed by atoms with Crippen molar-refractivity contribution in [3.8, 4) is 0 Å². The molecule has 0 spiro atoms. The minimum absolute atomic E-state index is 0.0160. The molecule has 0 aliphatic carbocycles. The molecular formula is C16H19F2N3O2. The van der Waals surface area contributed by atoms with Crippen LogP contribution in [-0.2, 0) is 4.74 Å². The number of fused-ring (bicyclic) bond motifs is 1. The number of aromatic nitrogens is 1. The summed E-state index contributed by atoms with van der Waals surface area (Å²) in [4.78, 5) is 6.00. The van der Waals surface area contributed by atoms with E-state index in [9.17, 15) is 13.9 Å². The second kappa shape index (κ2) is 7.16. The zero-order chi connectivity index (χ0) is 16.2. The summed E-state index contributed by atoms with van der Waals surface area (Å²) in [5.74, 6) is -1.11. The molecule has 1 unspecified atom stereocenters. The minimum Gasteiger partial charge on any atom is -0.390 e. The van der Waals surface area contributed by atoms with Gasteiger partial charge in [0, 0.05) is 38.1 Å². The van der Waals surface area contributed by atoms with Crippen LogP contribution in [0, 0.1) is 11.6 Å². The maximum absolute atomic E-state index is 14.0. The summed E-state index contributed by atoms with van der Waals surface area (Å²) in [6, 6.07) is 3.71. The SMILES string of the molecule is OC(CNc1ccnc2c(F)ccc(F)c12)CN1CCOCC1. The Morgan fingerprint density at radius 3 is 2.74 bits per heavy atom. The smallest absolute Gasteiger partial charge is 0.149 e. The molecule has 1 aliphatic rings. The van der Waals surface area contributed by atoms with Gasteiger partial charge in [-0.05, 0) is 18.2 Å². The van der Waals surface area contributed by atoms with Gasteiger partial charge in [0.05, 0.1) is 24.7 Å². The Labute approximate surface area is 132 Å². The van der Waals surface area contributed by atoms with Crippen molar-refractivity contribution >= 4 is 16.6 Å². The number of anilines is 1. The number of halogens is 2. The van der Waals surface area contributed by atoms with Gasteiger partial charge in [-0.3, -0.25) is 9.88 Å². The van der Waals surface area contributed by atoms with Crippen LogP contribution in [0.15, 0.2) is 24.4 Å². The Morgan fingerprint density at radius 2 is 1.96 bits per heavy atom. The van der Waals surface area contributed by atoms with Gasteiger partial charge in [-0.15, -0.1) is 0 Å². The summed E-state index contributed by atoms with van der Waals surface area (Å²) in [5.41, 5.74) is 0.408. The number of β-amino-alcohol motifs (C(OH)–C–C–N with tert-alkyl or cyclic N) is 1. The van der Waals surface area contributed by atoms with Crippen LogP contribution in [0.1, 0.15) is 0 Å². The quantitative estimate of drug-likeness (QED) is 0.876. The molecule has 7 heteroatoms. The van der Waals surface area contributed by atoms with Crippen molar-refractivity contribution in [2.75, 3.05) is 44.7 Å². The average molecular weight is 323 g/mol. The van der Waals surface area contributed by atoms with Crippen LogP contribution in [0.2, 0.25) is 0 Å². The first kappa shape index (κ1) is 16.0. The number of nitrogens with one attached hydrogen (secondary N) is 1. The number of rotatable bonds is 5. The first-order chi connectivity index (χ1) is 11.1. The fourth-order valence-electron chi connectivity index (χ4n) is 2.71. The van der Waals surface area contributed by atoms with Crippen molar-refractivity contribution < 1.29 is 18.6 Å². The summed E-state index contributed by atoms with van der Waals surface area (Å²) in [6.07, 6.45) is 0.801. The number of aliphatic hydroxyl groups excluding tert-OH is 1. The number of morpholine rings is 1. The molecule has 1 aromatic heterocycles. The number of aliphatic hydroxyl groups is 1. The van der Waals surface area contributed by atoms with E-state index in [0.29, 0.717) is 25.4 Å². The lowest BCUT2D eigenvalue weighted by molar-refractivity contribution is 0.0171. The summed E-state index contributed by atoms with van der Waals surface area (Å²) in [7, 11) is 0. The normalized spacial score (nSPS) is 17.3. The van der Waals surface area contributed by atoms with Crippen LogP contribution >= 0.6 is 0 Å². The highest BCUT2D eigenvalue weighted by Gasteiger charge is 2.16. The number of benzene rings is 1. The Kier molecular flexibility index (Phi) is 5.00. The van der Waals surface area contributed by atoms with Crippen molar-refractivity contribution in [1.29, 1.82) is 0 Å². The summed E-state index contributed by atoms with van der Waals surface area (Å²) in [6.45, 7) is 3.66. The molecule has 1 atom stereocenters. The van der Waals surface area contributed by atoms with Crippen molar-refractivity contribution in [1.82, 2.24) is 9.88 Å². The molecule has 0 saturated carbocycles. The largest absolute Gasteiger partial charge is 0.390 e. The van der Waals surface area contributed by atoms with E-state index in [1.165, 1.54) is 6.20 Å².